The Morgan fingerprint density at radius 2 is 1.62 bits per heavy atom. The molecule has 1 nitrogen and oxygen atoms in total. The molecule has 21 heavy (non-hydrogen) atoms. The van der Waals surface area contributed by atoms with Gasteiger partial charge in [-0.1, -0.05) is 30.3 Å². The number of hydrogen-bond acceptors (Lipinski definition) is 1. The van der Waals surface area contributed by atoms with Gasteiger partial charge in [0, 0.05) is 12.5 Å². The summed E-state index contributed by atoms with van der Waals surface area (Å²) in [6.07, 6.45) is 1.13. The molecular weight excluding hydrogens is 261 g/mol. The summed E-state index contributed by atoms with van der Waals surface area (Å²) in [5.74, 6) is 0.767. The lowest BCUT2D eigenvalue weighted by atomic mass is 9.75. The summed E-state index contributed by atoms with van der Waals surface area (Å²) >= 11 is 0. The van der Waals surface area contributed by atoms with Gasteiger partial charge >= 0.3 is 0 Å². The minimum Gasteiger partial charge on any atom is -0.316 e. The lowest BCUT2D eigenvalue weighted by molar-refractivity contribution is 0.401. The molecule has 0 aliphatic carbocycles. The molecule has 2 atom stereocenters. The normalized spacial score (nSPS) is 22.2. The van der Waals surface area contributed by atoms with Crippen LogP contribution in [0, 0.1) is 19.7 Å². The average Bonchev–Trinajstić information content (AvgIpc) is 2.48. The first kappa shape index (κ1) is 14.3. The van der Waals surface area contributed by atoms with Gasteiger partial charge in [-0.3, -0.25) is 0 Å². The van der Waals surface area contributed by atoms with Gasteiger partial charge in [-0.15, -0.1) is 0 Å². The average molecular weight is 283 g/mol. The third-order valence-corrected chi connectivity index (χ3v) is 4.69. The lowest BCUT2D eigenvalue weighted by Crippen LogP contribution is -2.34. The molecule has 1 aliphatic heterocycles. The van der Waals surface area contributed by atoms with Crippen molar-refractivity contribution in [2.75, 3.05) is 13.1 Å². The van der Waals surface area contributed by atoms with Gasteiger partial charge in [-0.25, -0.2) is 4.39 Å². The van der Waals surface area contributed by atoms with Crippen LogP contribution in [0.2, 0.25) is 0 Å². The first-order valence-electron chi connectivity index (χ1n) is 7.69. The van der Waals surface area contributed by atoms with Crippen LogP contribution in [0.15, 0.2) is 42.5 Å². The first-order chi connectivity index (χ1) is 10.2. The Morgan fingerprint density at radius 1 is 0.952 bits per heavy atom. The van der Waals surface area contributed by atoms with Gasteiger partial charge < -0.3 is 5.32 Å². The van der Waals surface area contributed by atoms with E-state index in [1.807, 2.05) is 12.1 Å². The van der Waals surface area contributed by atoms with Crippen LogP contribution in [-0.4, -0.2) is 13.1 Å². The molecule has 1 N–H and O–H groups in total. The van der Waals surface area contributed by atoms with E-state index in [9.17, 15) is 4.39 Å². The fourth-order valence-electron chi connectivity index (χ4n) is 3.68. The SMILES string of the molecule is Cc1cccc(C)c1C1CCNCC1c1ccc(F)cc1. The van der Waals surface area contributed by atoms with Crippen molar-refractivity contribution in [1.29, 1.82) is 0 Å². The number of benzene rings is 2. The van der Waals surface area contributed by atoms with Crippen LogP contribution < -0.4 is 5.32 Å². The van der Waals surface area contributed by atoms with E-state index in [2.05, 4.69) is 37.4 Å². The van der Waals surface area contributed by atoms with Gasteiger partial charge in [0.25, 0.3) is 0 Å². The summed E-state index contributed by atoms with van der Waals surface area (Å²) in [7, 11) is 0. The van der Waals surface area contributed by atoms with Crippen LogP contribution in [0.5, 0.6) is 0 Å². The van der Waals surface area contributed by atoms with Gasteiger partial charge in [-0.05, 0) is 67.1 Å². The summed E-state index contributed by atoms with van der Waals surface area (Å²) in [6, 6.07) is 13.6. The van der Waals surface area contributed by atoms with Gasteiger partial charge in [0.2, 0.25) is 0 Å². The molecule has 0 bridgehead atoms. The molecule has 2 aromatic rings. The third-order valence-electron chi connectivity index (χ3n) is 4.69. The van der Waals surface area contributed by atoms with Crippen molar-refractivity contribution in [2.45, 2.75) is 32.1 Å². The van der Waals surface area contributed by atoms with Gasteiger partial charge in [0.1, 0.15) is 5.82 Å². The standard InChI is InChI=1S/C19H22FN/c1-13-4-3-5-14(2)19(13)17-10-11-21-12-18(17)15-6-8-16(20)9-7-15/h3-9,17-18,21H,10-12H2,1-2H3. The lowest BCUT2D eigenvalue weighted by Gasteiger charge is -2.34. The molecule has 1 heterocycles. The van der Waals surface area contributed by atoms with Crippen molar-refractivity contribution < 1.29 is 4.39 Å². The summed E-state index contributed by atoms with van der Waals surface area (Å²) in [6.45, 7) is 6.42. The van der Waals surface area contributed by atoms with Gasteiger partial charge in [0.15, 0.2) is 0 Å². The van der Waals surface area contributed by atoms with Crippen LogP contribution in [0.25, 0.3) is 0 Å². The molecule has 2 heteroatoms. The largest absolute Gasteiger partial charge is 0.316 e. The first-order valence-corrected chi connectivity index (χ1v) is 7.69. The van der Waals surface area contributed by atoms with Crippen LogP contribution in [0.3, 0.4) is 0 Å². The van der Waals surface area contributed by atoms with Crippen molar-refractivity contribution in [3.63, 3.8) is 0 Å². The van der Waals surface area contributed by atoms with Crippen LogP contribution >= 0.6 is 0 Å². The summed E-state index contributed by atoms with van der Waals surface area (Å²) in [4.78, 5) is 0. The Balaban J connectivity index is 2.00. The smallest absolute Gasteiger partial charge is 0.123 e. The summed E-state index contributed by atoms with van der Waals surface area (Å²) in [5, 5.41) is 3.49. The van der Waals surface area contributed by atoms with Gasteiger partial charge in [-0.2, -0.15) is 0 Å². The topological polar surface area (TPSA) is 12.0 Å². The Bertz CT molecular complexity index is 598. The molecule has 0 spiro atoms. The van der Waals surface area contributed by atoms with E-state index in [1.54, 1.807) is 12.1 Å². The van der Waals surface area contributed by atoms with E-state index in [0.717, 1.165) is 19.5 Å². The highest BCUT2D eigenvalue weighted by Gasteiger charge is 2.29. The fraction of sp³-hybridized carbons (Fsp3) is 0.368. The van der Waals surface area contributed by atoms with E-state index >= 15 is 0 Å². The summed E-state index contributed by atoms with van der Waals surface area (Å²) < 4.78 is 13.2. The third kappa shape index (κ3) is 2.86. The maximum Gasteiger partial charge on any atom is 0.123 e. The highest BCUT2D eigenvalue weighted by atomic mass is 19.1. The van der Waals surface area contributed by atoms with Crippen molar-refractivity contribution in [1.82, 2.24) is 5.32 Å². The highest BCUT2D eigenvalue weighted by molar-refractivity contribution is 5.40. The van der Waals surface area contributed by atoms with Crippen molar-refractivity contribution in [3.05, 3.63) is 70.5 Å². The van der Waals surface area contributed by atoms with Crippen molar-refractivity contribution >= 4 is 0 Å². The molecule has 2 aromatic carbocycles. The maximum atomic E-state index is 13.2. The summed E-state index contributed by atoms with van der Waals surface area (Å²) in [5.41, 5.74) is 5.45. The molecule has 0 amide bonds. The number of aryl methyl sites for hydroxylation is 2. The predicted molar refractivity (Wildman–Crippen MR) is 85.3 cm³/mol. The Morgan fingerprint density at radius 3 is 2.29 bits per heavy atom. The molecule has 1 aliphatic rings. The Labute approximate surface area is 126 Å². The quantitative estimate of drug-likeness (QED) is 0.866. The minimum atomic E-state index is -0.161. The zero-order valence-corrected chi connectivity index (χ0v) is 12.7. The van der Waals surface area contributed by atoms with Crippen LogP contribution in [0.1, 0.15) is 40.5 Å². The molecule has 1 fully saturated rings. The monoisotopic (exact) mass is 283 g/mol. The van der Waals surface area contributed by atoms with Crippen LogP contribution in [-0.2, 0) is 0 Å². The van der Waals surface area contributed by atoms with Crippen molar-refractivity contribution in [3.8, 4) is 0 Å². The number of halogens is 1. The molecule has 0 radical (unpaired) electrons. The highest BCUT2D eigenvalue weighted by Crippen LogP contribution is 2.40. The molecule has 1 saturated heterocycles. The second-order valence-electron chi connectivity index (χ2n) is 6.06. The fourth-order valence-corrected chi connectivity index (χ4v) is 3.68. The van der Waals surface area contributed by atoms with E-state index in [1.165, 1.54) is 22.3 Å². The zero-order valence-electron chi connectivity index (χ0n) is 12.7. The number of piperidine rings is 1. The van der Waals surface area contributed by atoms with Crippen LogP contribution in [0.4, 0.5) is 4.39 Å². The maximum absolute atomic E-state index is 13.2. The van der Waals surface area contributed by atoms with E-state index < -0.39 is 0 Å². The molecule has 0 saturated carbocycles. The van der Waals surface area contributed by atoms with Crippen molar-refractivity contribution in [2.24, 2.45) is 0 Å². The minimum absolute atomic E-state index is 0.161. The molecular formula is C19H22FN. The zero-order chi connectivity index (χ0) is 14.8. The Kier molecular flexibility index (Phi) is 4.07. The molecule has 0 aromatic heterocycles. The second kappa shape index (κ2) is 5.98. The Hall–Kier alpha value is -1.67. The number of hydrogen-bond donors (Lipinski definition) is 1. The number of nitrogens with one attached hydrogen (secondary N) is 1. The molecule has 110 valence electrons. The second-order valence-corrected chi connectivity index (χ2v) is 6.06. The molecule has 2 unspecified atom stereocenters. The van der Waals surface area contributed by atoms with E-state index in [4.69, 9.17) is 0 Å². The predicted octanol–water partition coefficient (Wildman–Crippen LogP) is 4.30. The van der Waals surface area contributed by atoms with E-state index in [-0.39, 0.29) is 5.82 Å². The number of rotatable bonds is 2. The van der Waals surface area contributed by atoms with Gasteiger partial charge in [0.05, 0.1) is 0 Å². The van der Waals surface area contributed by atoms with E-state index in [0.29, 0.717) is 11.8 Å². The molecule has 3 rings (SSSR count).